The molecule has 3 fully saturated rings. The van der Waals surface area contributed by atoms with E-state index in [9.17, 15) is 24.3 Å². The van der Waals surface area contributed by atoms with E-state index in [-0.39, 0.29) is 36.2 Å². The number of benzene rings is 1. The van der Waals surface area contributed by atoms with Crippen molar-refractivity contribution in [1.29, 1.82) is 0 Å². The lowest BCUT2D eigenvalue weighted by atomic mass is 9.70. The molecule has 240 valence electrons. The predicted molar refractivity (Wildman–Crippen MR) is 168 cm³/mol. The van der Waals surface area contributed by atoms with Gasteiger partial charge in [0.05, 0.1) is 37.1 Å². The summed E-state index contributed by atoms with van der Waals surface area (Å²) in [7, 11) is 0. The number of carbonyl (C=O) groups is 4. The fourth-order valence-electron chi connectivity index (χ4n) is 6.85. The van der Waals surface area contributed by atoms with Gasteiger partial charge in [-0.1, -0.05) is 58.4 Å². The molecule has 0 aromatic heterocycles. The lowest BCUT2D eigenvalue weighted by Gasteiger charge is -2.43. The molecule has 1 aromatic carbocycles. The van der Waals surface area contributed by atoms with Crippen molar-refractivity contribution in [2.45, 2.75) is 87.2 Å². The van der Waals surface area contributed by atoms with Gasteiger partial charge in [-0.2, -0.15) is 0 Å². The van der Waals surface area contributed by atoms with Gasteiger partial charge in [0, 0.05) is 23.3 Å². The zero-order valence-corrected chi connectivity index (χ0v) is 27.5. The van der Waals surface area contributed by atoms with Crippen LogP contribution < -0.4 is 5.32 Å². The van der Waals surface area contributed by atoms with Crippen LogP contribution in [0.4, 0.5) is 0 Å². The molecule has 1 unspecified atom stereocenters. The van der Waals surface area contributed by atoms with E-state index in [1.165, 1.54) is 4.90 Å². The van der Waals surface area contributed by atoms with Crippen LogP contribution in [0.1, 0.15) is 58.6 Å². The number of nitrogens with one attached hydrogen (secondary N) is 1. The monoisotopic (exact) mass is 673 g/mol. The lowest BCUT2D eigenvalue weighted by molar-refractivity contribution is -0.160. The van der Waals surface area contributed by atoms with Crippen molar-refractivity contribution in [3.63, 3.8) is 0 Å². The first-order valence-corrected chi connectivity index (χ1v) is 16.0. The minimum absolute atomic E-state index is 0.109. The molecule has 11 heteroatoms. The number of aliphatic hydroxyl groups is 1. The Bertz CT molecular complexity index is 1270. The molecule has 2 bridgehead atoms. The number of amides is 3. The van der Waals surface area contributed by atoms with Crippen molar-refractivity contribution in [1.82, 2.24) is 15.1 Å². The number of allylic oxidation sites excluding steroid dienone is 1. The Kier molecular flexibility index (Phi) is 10.4. The summed E-state index contributed by atoms with van der Waals surface area (Å²) in [6.07, 6.45) is 3.06. The van der Waals surface area contributed by atoms with Crippen LogP contribution in [0.25, 0.3) is 0 Å². The first-order valence-electron chi connectivity index (χ1n) is 15.1. The third kappa shape index (κ3) is 6.23. The van der Waals surface area contributed by atoms with Crippen LogP contribution >= 0.6 is 15.9 Å². The van der Waals surface area contributed by atoms with Crippen LogP contribution in [0, 0.1) is 11.8 Å². The molecule has 0 aliphatic carbocycles. The molecule has 0 radical (unpaired) electrons. The zero-order valence-electron chi connectivity index (χ0n) is 25.9. The van der Waals surface area contributed by atoms with Crippen molar-refractivity contribution in [2.24, 2.45) is 11.8 Å². The minimum atomic E-state index is -1.33. The second-order valence-corrected chi connectivity index (χ2v) is 14.0. The number of aliphatic hydroxyl groups excluding tert-OH is 1. The maximum atomic E-state index is 14.6. The number of hydrogen-bond donors (Lipinski definition) is 2. The van der Waals surface area contributed by atoms with Gasteiger partial charge in [-0.3, -0.25) is 19.2 Å². The van der Waals surface area contributed by atoms with E-state index in [4.69, 9.17) is 9.47 Å². The molecule has 8 atom stereocenters. The van der Waals surface area contributed by atoms with Crippen LogP contribution in [0.15, 0.2) is 55.6 Å². The fourth-order valence-corrected chi connectivity index (χ4v) is 7.79. The summed E-state index contributed by atoms with van der Waals surface area (Å²) in [6.45, 7) is 14.8. The Hall–Kier alpha value is -3.02. The van der Waals surface area contributed by atoms with Crippen molar-refractivity contribution < 1.29 is 33.8 Å². The van der Waals surface area contributed by atoms with E-state index in [0.29, 0.717) is 18.4 Å². The highest BCUT2D eigenvalue weighted by atomic mass is 79.9. The normalized spacial score (nSPS) is 28.6. The Morgan fingerprint density at radius 3 is 2.52 bits per heavy atom. The number of nitrogens with zero attached hydrogens (tertiary/aromatic N) is 2. The molecule has 1 spiro atoms. The van der Waals surface area contributed by atoms with Gasteiger partial charge in [0.25, 0.3) is 0 Å². The van der Waals surface area contributed by atoms with Crippen LogP contribution in [0.2, 0.25) is 0 Å². The third-order valence-corrected chi connectivity index (χ3v) is 9.64. The summed E-state index contributed by atoms with van der Waals surface area (Å²) in [4.78, 5) is 57.9. The number of esters is 1. The van der Waals surface area contributed by atoms with Gasteiger partial charge in [-0.05, 0) is 46.1 Å². The number of ether oxygens (including phenoxy) is 2. The molecule has 3 heterocycles. The van der Waals surface area contributed by atoms with E-state index < -0.39 is 65.8 Å². The fraction of sp³-hybridized carbons (Fsp3) is 0.576. The molecule has 4 rings (SSSR count). The average Bonchev–Trinajstić information content (AvgIpc) is 3.57. The molecule has 44 heavy (non-hydrogen) atoms. The van der Waals surface area contributed by atoms with Crippen molar-refractivity contribution in [3.05, 3.63) is 61.2 Å². The number of halogens is 1. The van der Waals surface area contributed by atoms with Gasteiger partial charge >= 0.3 is 5.97 Å². The summed E-state index contributed by atoms with van der Waals surface area (Å²) in [5.41, 5.74) is -1.29. The average molecular weight is 675 g/mol. The smallest absolute Gasteiger partial charge is 0.312 e. The summed E-state index contributed by atoms with van der Waals surface area (Å²) < 4.78 is 12.4. The summed E-state index contributed by atoms with van der Waals surface area (Å²) >= 11 is 3.68. The molecule has 3 saturated heterocycles. The Balaban J connectivity index is 1.72. The van der Waals surface area contributed by atoms with Crippen LogP contribution in [-0.4, -0.2) is 92.5 Å². The topological polar surface area (TPSA) is 125 Å². The molecular weight excluding hydrogens is 630 g/mol. The molecule has 1 aromatic rings. The molecule has 0 saturated carbocycles. The van der Waals surface area contributed by atoms with Crippen LogP contribution in [0.5, 0.6) is 0 Å². The van der Waals surface area contributed by atoms with Crippen LogP contribution in [-0.2, 0) is 28.7 Å². The van der Waals surface area contributed by atoms with Gasteiger partial charge in [-0.15, -0.1) is 13.2 Å². The molecule has 10 nitrogen and oxygen atoms in total. The number of carbonyl (C=O) groups excluding carboxylic acids is 4. The number of alkyl halides is 1. The summed E-state index contributed by atoms with van der Waals surface area (Å²) in [6, 6.07) is 7.09. The molecule has 3 aliphatic rings. The van der Waals surface area contributed by atoms with Gasteiger partial charge < -0.3 is 29.7 Å². The second kappa shape index (κ2) is 13.5. The van der Waals surface area contributed by atoms with E-state index in [2.05, 4.69) is 34.4 Å². The maximum Gasteiger partial charge on any atom is 0.312 e. The van der Waals surface area contributed by atoms with Crippen LogP contribution in [0.3, 0.4) is 0 Å². The number of likely N-dealkylation sites (tertiary alicyclic amines) is 1. The maximum absolute atomic E-state index is 14.6. The first-order chi connectivity index (χ1) is 20.8. The second-order valence-electron chi connectivity index (χ2n) is 12.8. The molecule has 3 aliphatic heterocycles. The Labute approximate surface area is 267 Å². The van der Waals surface area contributed by atoms with E-state index in [1.807, 2.05) is 39.0 Å². The first kappa shape index (κ1) is 33.9. The summed E-state index contributed by atoms with van der Waals surface area (Å²) in [5, 5.41) is 13.4. The highest BCUT2D eigenvalue weighted by Crippen LogP contribution is 2.61. The van der Waals surface area contributed by atoms with E-state index in [1.54, 1.807) is 36.1 Å². The highest BCUT2D eigenvalue weighted by molar-refractivity contribution is 9.09. The van der Waals surface area contributed by atoms with Gasteiger partial charge in [-0.25, -0.2) is 0 Å². The van der Waals surface area contributed by atoms with Crippen molar-refractivity contribution >= 4 is 39.6 Å². The summed E-state index contributed by atoms with van der Waals surface area (Å²) in [5.74, 6) is -3.57. The molecular formula is C33H44BrN3O7. The quantitative estimate of drug-likeness (QED) is 0.187. The standard InChI is InChI=1S/C33H44BrN3O7/c1-7-9-15-24(39)35-18-20(3)43-31(42)25-26-29(40)37(23(19-38)21-13-11-10-12-14-21)28(33(26)17-22(34)27(25)44-33)30(41)36(16-8-2)32(4,5)6/h7-8,10-14,20,22-23,25-28,38H,1-2,9,15-19H2,3-6H3,(H,35,39)/t20-,22?,23+,25-,26+,27-,28-,33+/m0/s1. The number of fused-ring (bicyclic) bond motifs is 1. The number of hydrogen-bond acceptors (Lipinski definition) is 7. The number of rotatable bonds is 13. The minimum Gasteiger partial charge on any atom is -0.460 e. The SMILES string of the molecule is C=CCCC(=O)NC[C@H](C)OC(=O)[C@@H]1[C@H]2O[C@@]3(CC2Br)[C@H](C(=O)N(CC=C)C(C)(C)C)N([C@H](CO)c2ccccc2)C(=O)[C@@H]13. The van der Waals surface area contributed by atoms with Crippen molar-refractivity contribution in [3.8, 4) is 0 Å². The van der Waals surface area contributed by atoms with Crippen molar-refractivity contribution in [2.75, 3.05) is 19.7 Å². The predicted octanol–water partition coefficient (Wildman–Crippen LogP) is 3.30. The third-order valence-electron chi connectivity index (χ3n) is 8.79. The Morgan fingerprint density at radius 1 is 1.25 bits per heavy atom. The zero-order chi connectivity index (χ0) is 32.4. The van der Waals surface area contributed by atoms with Gasteiger partial charge in [0.15, 0.2) is 0 Å². The molecule has 2 N–H and O–H groups in total. The Morgan fingerprint density at radius 2 is 1.93 bits per heavy atom. The van der Waals surface area contributed by atoms with E-state index in [0.717, 1.165) is 0 Å². The highest BCUT2D eigenvalue weighted by Gasteiger charge is 2.77. The van der Waals surface area contributed by atoms with E-state index >= 15 is 0 Å². The van der Waals surface area contributed by atoms with Gasteiger partial charge in [0.2, 0.25) is 17.7 Å². The lowest BCUT2D eigenvalue weighted by Crippen LogP contribution is -2.60. The molecule has 3 amide bonds. The van der Waals surface area contributed by atoms with Gasteiger partial charge in [0.1, 0.15) is 17.7 Å². The largest absolute Gasteiger partial charge is 0.460 e.